The largest absolute Gasteiger partial charge is 0.333 e. The quantitative estimate of drug-likeness (QED) is 0.639. The number of pyridine rings is 1. The number of fused-ring (bicyclic) bond motifs is 1. The fraction of sp³-hybridized carbons (Fsp3) is 0.273. The van der Waals surface area contributed by atoms with Crippen LogP contribution in [0.4, 0.5) is 0 Å². The molecule has 0 unspecified atom stereocenters. The summed E-state index contributed by atoms with van der Waals surface area (Å²) in [5.41, 5.74) is 9.58. The molecular formula is C22H25Cl2N3O. The molecule has 0 spiro atoms. The lowest BCUT2D eigenvalue weighted by Crippen LogP contribution is -2.35. The molecule has 0 saturated heterocycles. The second kappa shape index (κ2) is 9.87. The number of nitrogens with two attached hydrogens (primary N) is 1. The van der Waals surface area contributed by atoms with E-state index in [1.54, 1.807) is 0 Å². The minimum atomic E-state index is 0. The molecule has 1 aliphatic carbocycles. The summed E-state index contributed by atoms with van der Waals surface area (Å²) < 4.78 is 0. The first-order chi connectivity index (χ1) is 12.8. The van der Waals surface area contributed by atoms with E-state index in [1.807, 2.05) is 65.6 Å². The number of nitrogens with zero attached hydrogens (tertiary/aromatic N) is 2. The first-order valence-electron chi connectivity index (χ1n) is 9.19. The minimum Gasteiger partial charge on any atom is -0.333 e. The molecule has 0 atom stereocenters. The number of carbonyl (C=O) groups is 1. The van der Waals surface area contributed by atoms with Crippen molar-refractivity contribution in [2.45, 2.75) is 25.3 Å². The maximum absolute atomic E-state index is 13.4. The van der Waals surface area contributed by atoms with Crippen LogP contribution in [0, 0.1) is 0 Å². The smallest absolute Gasteiger partial charge is 0.254 e. The Morgan fingerprint density at radius 2 is 1.71 bits per heavy atom. The van der Waals surface area contributed by atoms with Gasteiger partial charge in [0.15, 0.2) is 0 Å². The van der Waals surface area contributed by atoms with Gasteiger partial charge in [-0.25, -0.2) is 0 Å². The number of hydrogen-bond acceptors (Lipinski definition) is 3. The molecule has 1 fully saturated rings. The zero-order chi connectivity index (χ0) is 17.9. The molecule has 1 aromatic heterocycles. The standard InChI is InChI=1S/C22H23N3O.2ClH/c23-12-13-25(15-16-6-2-1-3-7-16)22(26)19-14-21(17-10-11-17)24-20-9-5-4-8-18(19)20;;/h1-9,14,17H,10-13,15,23H2;2*1H. The molecule has 0 aliphatic heterocycles. The van der Waals surface area contributed by atoms with E-state index in [9.17, 15) is 4.79 Å². The molecular weight excluding hydrogens is 393 g/mol. The van der Waals surface area contributed by atoms with Crippen molar-refractivity contribution in [3.8, 4) is 0 Å². The van der Waals surface area contributed by atoms with Crippen molar-refractivity contribution < 1.29 is 4.79 Å². The van der Waals surface area contributed by atoms with Crippen molar-refractivity contribution in [1.29, 1.82) is 0 Å². The summed E-state index contributed by atoms with van der Waals surface area (Å²) in [6.45, 7) is 1.53. The summed E-state index contributed by atoms with van der Waals surface area (Å²) in [6.07, 6.45) is 2.32. The lowest BCUT2D eigenvalue weighted by Gasteiger charge is -2.23. The lowest BCUT2D eigenvalue weighted by atomic mass is 10.0. The molecule has 1 saturated carbocycles. The van der Waals surface area contributed by atoms with Crippen LogP contribution in [0.2, 0.25) is 0 Å². The van der Waals surface area contributed by atoms with E-state index in [0.717, 1.165) is 40.6 Å². The Hall–Kier alpha value is -2.14. The number of amides is 1. The summed E-state index contributed by atoms with van der Waals surface area (Å²) in [7, 11) is 0. The molecule has 1 heterocycles. The third-order valence-corrected chi connectivity index (χ3v) is 4.86. The monoisotopic (exact) mass is 417 g/mol. The Kier molecular flexibility index (Phi) is 7.81. The van der Waals surface area contributed by atoms with Crippen LogP contribution in [-0.2, 0) is 6.54 Å². The van der Waals surface area contributed by atoms with Crippen LogP contribution in [0.25, 0.3) is 10.9 Å². The Morgan fingerprint density at radius 3 is 2.39 bits per heavy atom. The zero-order valence-corrected chi connectivity index (χ0v) is 17.2. The molecule has 148 valence electrons. The SMILES string of the molecule is Cl.Cl.NCCN(Cc1ccccc1)C(=O)c1cc(C2CC2)nc2ccccc12. The van der Waals surface area contributed by atoms with Gasteiger partial charge in [0.25, 0.3) is 5.91 Å². The maximum atomic E-state index is 13.4. The van der Waals surface area contributed by atoms with Crippen molar-refractivity contribution in [2.75, 3.05) is 13.1 Å². The Morgan fingerprint density at radius 1 is 1.04 bits per heavy atom. The number of rotatable bonds is 6. The first-order valence-corrected chi connectivity index (χ1v) is 9.19. The van der Waals surface area contributed by atoms with Crippen LogP contribution >= 0.6 is 24.8 Å². The summed E-state index contributed by atoms with van der Waals surface area (Å²) >= 11 is 0. The van der Waals surface area contributed by atoms with E-state index in [1.165, 1.54) is 0 Å². The number of halogens is 2. The second-order valence-electron chi connectivity index (χ2n) is 6.89. The van der Waals surface area contributed by atoms with Crippen molar-refractivity contribution in [3.63, 3.8) is 0 Å². The van der Waals surface area contributed by atoms with Crippen LogP contribution in [0.5, 0.6) is 0 Å². The van der Waals surface area contributed by atoms with Gasteiger partial charge in [0.05, 0.1) is 11.1 Å². The Balaban J connectivity index is 0.00000140. The fourth-order valence-electron chi connectivity index (χ4n) is 3.34. The van der Waals surface area contributed by atoms with Crippen molar-refractivity contribution in [3.05, 3.63) is 77.5 Å². The average molecular weight is 418 g/mol. The van der Waals surface area contributed by atoms with Crippen LogP contribution < -0.4 is 5.73 Å². The molecule has 1 aliphatic rings. The maximum Gasteiger partial charge on any atom is 0.254 e. The van der Waals surface area contributed by atoms with Gasteiger partial charge in [-0.1, -0.05) is 48.5 Å². The fourth-order valence-corrected chi connectivity index (χ4v) is 3.34. The van der Waals surface area contributed by atoms with Crippen molar-refractivity contribution >= 4 is 41.6 Å². The summed E-state index contributed by atoms with van der Waals surface area (Å²) in [4.78, 5) is 20.0. The van der Waals surface area contributed by atoms with Gasteiger partial charge < -0.3 is 10.6 Å². The molecule has 1 amide bonds. The van der Waals surface area contributed by atoms with E-state index in [4.69, 9.17) is 10.7 Å². The Labute approximate surface area is 178 Å². The number of carbonyl (C=O) groups excluding carboxylic acids is 1. The van der Waals surface area contributed by atoms with Crippen molar-refractivity contribution in [2.24, 2.45) is 5.73 Å². The van der Waals surface area contributed by atoms with E-state index in [2.05, 4.69) is 0 Å². The van der Waals surface area contributed by atoms with E-state index in [-0.39, 0.29) is 30.7 Å². The number of benzene rings is 2. The number of aromatic nitrogens is 1. The normalized spacial score (nSPS) is 12.8. The third kappa shape index (κ3) is 4.82. The zero-order valence-electron chi connectivity index (χ0n) is 15.6. The van der Waals surface area contributed by atoms with Gasteiger partial charge in [-0.2, -0.15) is 0 Å². The Bertz CT molecular complexity index is 929. The van der Waals surface area contributed by atoms with E-state index < -0.39 is 0 Å². The molecule has 2 aromatic carbocycles. The van der Waals surface area contributed by atoms with Gasteiger partial charge in [0.2, 0.25) is 0 Å². The summed E-state index contributed by atoms with van der Waals surface area (Å²) in [5.74, 6) is 0.531. The second-order valence-corrected chi connectivity index (χ2v) is 6.89. The summed E-state index contributed by atoms with van der Waals surface area (Å²) in [6, 6.07) is 19.9. The first kappa shape index (κ1) is 22.2. The molecule has 0 radical (unpaired) electrons. The van der Waals surface area contributed by atoms with Crippen LogP contribution in [0.3, 0.4) is 0 Å². The van der Waals surface area contributed by atoms with Gasteiger partial charge in [-0.05, 0) is 30.5 Å². The molecule has 6 heteroatoms. The summed E-state index contributed by atoms with van der Waals surface area (Å²) in [5, 5.41) is 0.914. The predicted molar refractivity (Wildman–Crippen MR) is 118 cm³/mol. The van der Waals surface area contributed by atoms with E-state index >= 15 is 0 Å². The highest BCUT2D eigenvalue weighted by Gasteiger charge is 2.28. The molecule has 28 heavy (non-hydrogen) atoms. The predicted octanol–water partition coefficient (Wildman–Crippen LogP) is 4.56. The third-order valence-electron chi connectivity index (χ3n) is 4.86. The van der Waals surface area contributed by atoms with Crippen LogP contribution in [0.15, 0.2) is 60.7 Å². The van der Waals surface area contributed by atoms with Gasteiger partial charge >= 0.3 is 0 Å². The average Bonchev–Trinajstić information content (AvgIpc) is 3.52. The van der Waals surface area contributed by atoms with Gasteiger partial charge in [0, 0.05) is 36.6 Å². The van der Waals surface area contributed by atoms with E-state index in [0.29, 0.717) is 25.6 Å². The highest BCUT2D eigenvalue weighted by molar-refractivity contribution is 6.06. The van der Waals surface area contributed by atoms with Gasteiger partial charge in [-0.3, -0.25) is 9.78 Å². The number of hydrogen-bond donors (Lipinski definition) is 1. The van der Waals surface area contributed by atoms with Gasteiger partial charge in [0.1, 0.15) is 0 Å². The minimum absolute atomic E-state index is 0. The lowest BCUT2D eigenvalue weighted by molar-refractivity contribution is 0.0750. The molecule has 4 rings (SSSR count). The van der Waals surface area contributed by atoms with Crippen molar-refractivity contribution in [1.82, 2.24) is 9.88 Å². The van der Waals surface area contributed by atoms with Crippen LogP contribution in [-0.4, -0.2) is 28.9 Å². The molecule has 4 nitrogen and oxygen atoms in total. The highest BCUT2D eigenvalue weighted by atomic mass is 35.5. The topological polar surface area (TPSA) is 59.2 Å². The van der Waals surface area contributed by atoms with Crippen LogP contribution in [0.1, 0.15) is 40.4 Å². The molecule has 0 bridgehead atoms. The molecule has 2 N–H and O–H groups in total. The molecule has 3 aromatic rings. The van der Waals surface area contributed by atoms with Gasteiger partial charge in [-0.15, -0.1) is 24.8 Å². The highest BCUT2D eigenvalue weighted by Crippen LogP contribution is 2.40. The number of para-hydroxylation sites is 1.